The number of rotatable bonds is 6. The highest BCUT2D eigenvalue weighted by Crippen LogP contribution is 2.35. The molecule has 2 nitrogen and oxygen atoms in total. The Bertz CT molecular complexity index is 687. The maximum absolute atomic E-state index is 6.19. The summed E-state index contributed by atoms with van der Waals surface area (Å²) in [5, 5.41) is 4.36. The van der Waals surface area contributed by atoms with Crippen LogP contribution in [-0.4, -0.2) is 19.6 Å². The van der Waals surface area contributed by atoms with Crippen molar-refractivity contribution in [2.45, 2.75) is 44.1 Å². The summed E-state index contributed by atoms with van der Waals surface area (Å²) in [6, 6.07) is 15.8. The van der Waals surface area contributed by atoms with Crippen molar-refractivity contribution >= 4 is 24.0 Å². The van der Waals surface area contributed by atoms with Crippen molar-refractivity contribution in [2.75, 3.05) is 13.6 Å². The molecule has 2 aromatic rings. The lowest BCUT2D eigenvalue weighted by molar-refractivity contribution is 0.409. The number of fused-ring (bicyclic) bond motifs is 1. The lowest BCUT2D eigenvalue weighted by Gasteiger charge is -2.34. The van der Waals surface area contributed by atoms with E-state index >= 15 is 0 Å². The minimum Gasteiger partial charge on any atom is -0.330 e. The molecule has 0 bridgehead atoms. The number of likely N-dealkylation sites (N-methyl/N-ethyl adjacent to an activating group) is 1. The van der Waals surface area contributed by atoms with Crippen LogP contribution in [0.25, 0.3) is 0 Å². The summed E-state index contributed by atoms with van der Waals surface area (Å²) in [6.07, 6.45) is 5.49. The first-order valence-electron chi connectivity index (χ1n) is 8.94. The van der Waals surface area contributed by atoms with Crippen LogP contribution in [0.3, 0.4) is 0 Å². The van der Waals surface area contributed by atoms with E-state index in [1.807, 2.05) is 12.1 Å². The van der Waals surface area contributed by atoms with E-state index in [0.717, 1.165) is 37.3 Å². The van der Waals surface area contributed by atoms with Crippen LogP contribution >= 0.6 is 24.0 Å². The lowest BCUT2D eigenvalue weighted by Crippen LogP contribution is -2.37. The Labute approximate surface area is 162 Å². The van der Waals surface area contributed by atoms with E-state index in [9.17, 15) is 0 Å². The number of hydrogen-bond acceptors (Lipinski definition) is 2. The number of aryl methyl sites for hydroxylation is 2. The Morgan fingerprint density at radius 3 is 2.72 bits per heavy atom. The molecule has 2 aromatic carbocycles. The minimum absolute atomic E-state index is 0. The molecule has 0 spiro atoms. The first-order chi connectivity index (χ1) is 11.7. The molecule has 0 aromatic heterocycles. The van der Waals surface area contributed by atoms with Gasteiger partial charge in [0.15, 0.2) is 0 Å². The summed E-state index contributed by atoms with van der Waals surface area (Å²) >= 11 is 6.19. The van der Waals surface area contributed by atoms with Gasteiger partial charge >= 0.3 is 0 Å². The van der Waals surface area contributed by atoms with Crippen LogP contribution in [0.5, 0.6) is 0 Å². The van der Waals surface area contributed by atoms with Crippen molar-refractivity contribution in [1.82, 2.24) is 5.32 Å². The fraction of sp³-hybridized carbons (Fsp3) is 0.429. The molecule has 0 radical (unpaired) electrons. The van der Waals surface area contributed by atoms with E-state index in [0.29, 0.717) is 12.0 Å². The van der Waals surface area contributed by atoms with E-state index in [-0.39, 0.29) is 12.4 Å². The van der Waals surface area contributed by atoms with Crippen molar-refractivity contribution in [3.05, 3.63) is 69.7 Å². The van der Waals surface area contributed by atoms with Crippen LogP contribution in [0.4, 0.5) is 0 Å². The molecule has 0 aliphatic heterocycles. The average molecular weight is 379 g/mol. The van der Waals surface area contributed by atoms with E-state index in [2.05, 4.69) is 42.7 Å². The van der Waals surface area contributed by atoms with Crippen LogP contribution < -0.4 is 11.1 Å². The molecule has 0 fully saturated rings. The summed E-state index contributed by atoms with van der Waals surface area (Å²) in [5.41, 5.74) is 11.4. The van der Waals surface area contributed by atoms with Crippen molar-refractivity contribution < 1.29 is 0 Å². The third-order valence-corrected chi connectivity index (χ3v) is 5.44. The molecule has 0 amide bonds. The molecular formula is C21H28Cl2N2. The van der Waals surface area contributed by atoms with Gasteiger partial charge in [-0.25, -0.2) is 0 Å². The maximum Gasteiger partial charge on any atom is 0.0408 e. The molecule has 3 N–H and O–H groups in total. The Morgan fingerprint density at radius 2 is 2.00 bits per heavy atom. The fourth-order valence-corrected chi connectivity index (χ4v) is 4.14. The van der Waals surface area contributed by atoms with Gasteiger partial charge in [0.2, 0.25) is 0 Å². The van der Waals surface area contributed by atoms with Gasteiger partial charge in [0.1, 0.15) is 0 Å². The number of halogens is 2. The summed E-state index contributed by atoms with van der Waals surface area (Å²) in [4.78, 5) is 0. The van der Waals surface area contributed by atoms with Gasteiger partial charge in [0.05, 0.1) is 0 Å². The zero-order valence-electron chi connectivity index (χ0n) is 14.8. The highest BCUT2D eigenvalue weighted by atomic mass is 35.5. The zero-order valence-corrected chi connectivity index (χ0v) is 16.4. The second-order valence-corrected chi connectivity index (χ2v) is 7.24. The highest BCUT2D eigenvalue weighted by molar-refractivity contribution is 6.30. The molecule has 4 heteroatoms. The molecule has 0 heterocycles. The van der Waals surface area contributed by atoms with Crippen LogP contribution in [0.1, 0.15) is 41.0 Å². The van der Waals surface area contributed by atoms with Crippen molar-refractivity contribution in [3.8, 4) is 0 Å². The van der Waals surface area contributed by atoms with Crippen molar-refractivity contribution in [2.24, 2.45) is 5.73 Å². The molecule has 1 aliphatic carbocycles. The summed E-state index contributed by atoms with van der Waals surface area (Å²) in [5.74, 6) is 0.495. The van der Waals surface area contributed by atoms with Gasteiger partial charge in [-0.3, -0.25) is 0 Å². The quantitative estimate of drug-likeness (QED) is 0.775. The van der Waals surface area contributed by atoms with Crippen molar-refractivity contribution in [1.29, 1.82) is 0 Å². The molecule has 0 saturated carbocycles. The average Bonchev–Trinajstić information content (AvgIpc) is 2.60. The second-order valence-electron chi connectivity index (χ2n) is 6.80. The monoisotopic (exact) mass is 378 g/mol. The first kappa shape index (κ1) is 20.3. The molecule has 2 unspecified atom stereocenters. The van der Waals surface area contributed by atoms with E-state index < -0.39 is 0 Å². The highest BCUT2D eigenvalue weighted by Gasteiger charge is 2.28. The van der Waals surface area contributed by atoms with Gasteiger partial charge in [-0.05, 0) is 80.1 Å². The second kappa shape index (κ2) is 9.59. The molecule has 3 rings (SSSR count). The van der Waals surface area contributed by atoms with E-state index in [1.54, 1.807) is 0 Å². The molecule has 25 heavy (non-hydrogen) atoms. The Balaban J connectivity index is 0.00000225. The Hall–Kier alpha value is -1.06. The topological polar surface area (TPSA) is 38.0 Å². The largest absolute Gasteiger partial charge is 0.330 e. The maximum atomic E-state index is 6.19. The Morgan fingerprint density at radius 1 is 1.16 bits per heavy atom. The van der Waals surface area contributed by atoms with Crippen LogP contribution in [0.2, 0.25) is 5.02 Å². The predicted molar refractivity (Wildman–Crippen MR) is 110 cm³/mol. The molecule has 136 valence electrons. The molecular weight excluding hydrogens is 351 g/mol. The van der Waals surface area contributed by atoms with Crippen LogP contribution in [-0.2, 0) is 19.3 Å². The van der Waals surface area contributed by atoms with E-state index in [4.69, 9.17) is 17.3 Å². The van der Waals surface area contributed by atoms with Crippen LogP contribution in [0.15, 0.2) is 42.5 Å². The van der Waals surface area contributed by atoms with Gasteiger partial charge < -0.3 is 11.1 Å². The summed E-state index contributed by atoms with van der Waals surface area (Å²) < 4.78 is 0. The van der Waals surface area contributed by atoms with Gasteiger partial charge in [0, 0.05) is 17.0 Å². The van der Waals surface area contributed by atoms with Crippen LogP contribution in [0, 0.1) is 0 Å². The fourth-order valence-electron chi connectivity index (χ4n) is 3.92. The van der Waals surface area contributed by atoms with Gasteiger partial charge in [0.25, 0.3) is 0 Å². The minimum atomic E-state index is 0. The number of benzene rings is 2. The normalized spacial score (nSPS) is 19.2. The SMILES string of the molecule is CNC1CCc2ccc(CCCN)cc2C1Cc1cccc(Cl)c1.Cl. The molecule has 1 aliphatic rings. The zero-order chi connectivity index (χ0) is 16.9. The number of hydrogen-bond donors (Lipinski definition) is 2. The predicted octanol–water partition coefficient (Wildman–Crippen LogP) is 4.51. The van der Waals surface area contributed by atoms with Crippen molar-refractivity contribution in [3.63, 3.8) is 0 Å². The lowest BCUT2D eigenvalue weighted by atomic mass is 9.75. The number of nitrogens with two attached hydrogens (primary N) is 1. The third-order valence-electron chi connectivity index (χ3n) is 5.21. The summed E-state index contributed by atoms with van der Waals surface area (Å²) in [6.45, 7) is 0.752. The third kappa shape index (κ3) is 4.98. The molecule has 2 atom stereocenters. The van der Waals surface area contributed by atoms with Gasteiger partial charge in [-0.1, -0.05) is 41.9 Å². The smallest absolute Gasteiger partial charge is 0.0408 e. The van der Waals surface area contributed by atoms with Gasteiger partial charge in [-0.15, -0.1) is 12.4 Å². The Kier molecular flexibility index (Phi) is 7.77. The first-order valence-corrected chi connectivity index (χ1v) is 9.32. The molecule has 0 saturated heterocycles. The van der Waals surface area contributed by atoms with E-state index in [1.165, 1.54) is 28.7 Å². The standard InChI is InChI=1S/C21H27ClN2.ClH/c1-24-21-10-9-17-8-7-15(5-3-11-23)13-19(17)20(21)14-16-4-2-6-18(22)12-16;/h2,4,6-8,12-13,20-21,24H,3,5,9-11,14,23H2,1H3;1H. The van der Waals surface area contributed by atoms with Gasteiger partial charge in [-0.2, -0.15) is 0 Å². The number of nitrogens with one attached hydrogen (secondary N) is 1. The summed E-state index contributed by atoms with van der Waals surface area (Å²) in [7, 11) is 2.08.